The Balaban J connectivity index is 3.06. The number of anilines is 1. The van der Waals surface area contributed by atoms with Crippen molar-refractivity contribution in [1.82, 2.24) is 9.97 Å². The van der Waals surface area contributed by atoms with Crippen molar-refractivity contribution in [1.29, 1.82) is 0 Å². The SMILES string of the molecule is CSc1nc(N)ncc1CBr. The van der Waals surface area contributed by atoms with E-state index in [-0.39, 0.29) is 0 Å². The minimum Gasteiger partial charge on any atom is -0.368 e. The van der Waals surface area contributed by atoms with E-state index in [9.17, 15) is 0 Å². The molecule has 3 nitrogen and oxygen atoms in total. The molecule has 5 heteroatoms. The summed E-state index contributed by atoms with van der Waals surface area (Å²) in [6.45, 7) is 0. The number of hydrogen-bond acceptors (Lipinski definition) is 4. The van der Waals surface area contributed by atoms with Gasteiger partial charge in [0.15, 0.2) is 0 Å². The Kier molecular flexibility index (Phi) is 3.14. The maximum atomic E-state index is 5.41. The highest BCUT2D eigenvalue weighted by Crippen LogP contribution is 2.19. The zero-order valence-electron chi connectivity index (χ0n) is 6.04. The third-order valence-electron chi connectivity index (χ3n) is 1.18. The molecule has 2 N–H and O–H groups in total. The van der Waals surface area contributed by atoms with Crippen molar-refractivity contribution in [3.05, 3.63) is 11.8 Å². The summed E-state index contributed by atoms with van der Waals surface area (Å²) in [5.74, 6) is 0.332. The van der Waals surface area contributed by atoms with Crippen molar-refractivity contribution >= 4 is 33.6 Å². The number of nitrogen functional groups attached to an aromatic ring is 1. The van der Waals surface area contributed by atoms with Crippen LogP contribution in [0.2, 0.25) is 0 Å². The lowest BCUT2D eigenvalue weighted by atomic mass is 10.4. The second-order valence-electron chi connectivity index (χ2n) is 1.90. The van der Waals surface area contributed by atoms with Crippen LogP contribution < -0.4 is 5.73 Å². The lowest BCUT2D eigenvalue weighted by Gasteiger charge is -2.01. The quantitative estimate of drug-likeness (QED) is 0.480. The van der Waals surface area contributed by atoms with E-state index < -0.39 is 0 Å². The number of alkyl halides is 1. The number of halogens is 1. The first-order valence-electron chi connectivity index (χ1n) is 2.99. The Bertz CT molecular complexity index is 254. The molecule has 0 saturated heterocycles. The fraction of sp³-hybridized carbons (Fsp3) is 0.333. The average molecular weight is 234 g/mol. The largest absolute Gasteiger partial charge is 0.368 e. The van der Waals surface area contributed by atoms with Crippen LogP contribution in [0, 0.1) is 0 Å². The Labute approximate surface area is 77.9 Å². The summed E-state index contributed by atoms with van der Waals surface area (Å²) in [6, 6.07) is 0. The maximum absolute atomic E-state index is 5.41. The molecule has 0 atom stereocenters. The van der Waals surface area contributed by atoms with Gasteiger partial charge in [-0.2, -0.15) is 0 Å². The van der Waals surface area contributed by atoms with Crippen LogP contribution in [0.5, 0.6) is 0 Å². The zero-order valence-corrected chi connectivity index (χ0v) is 8.44. The van der Waals surface area contributed by atoms with Crippen molar-refractivity contribution in [3.63, 3.8) is 0 Å². The molecule has 0 spiro atoms. The predicted molar refractivity (Wildman–Crippen MR) is 50.9 cm³/mol. The molecule has 0 aliphatic rings. The van der Waals surface area contributed by atoms with Gasteiger partial charge in [-0.05, 0) is 6.26 Å². The Morgan fingerprint density at radius 2 is 2.45 bits per heavy atom. The molecule has 0 radical (unpaired) electrons. The fourth-order valence-corrected chi connectivity index (χ4v) is 1.84. The third-order valence-corrected chi connectivity index (χ3v) is 2.53. The van der Waals surface area contributed by atoms with Gasteiger partial charge in [-0.15, -0.1) is 11.8 Å². The van der Waals surface area contributed by atoms with E-state index in [1.54, 1.807) is 18.0 Å². The second kappa shape index (κ2) is 3.92. The molecule has 60 valence electrons. The zero-order chi connectivity index (χ0) is 8.27. The van der Waals surface area contributed by atoms with Crippen LogP contribution in [0.25, 0.3) is 0 Å². The summed E-state index contributed by atoms with van der Waals surface area (Å²) in [5.41, 5.74) is 6.48. The summed E-state index contributed by atoms with van der Waals surface area (Å²) >= 11 is 4.91. The smallest absolute Gasteiger partial charge is 0.221 e. The van der Waals surface area contributed by atoms with E-state index in [0.717, 1.165) is 15.9 Å². The first-order valence-corrected chi connectivity index (χ1v) is 5.34. The van der Waals surface area contributed by atoms with Crippen molar-refractivity contribution in [2.75, 3.05) is 12.0 Å². The number of thioether (sulfide) groups is 1. The van der Waals surface area contributed by atoms with Gasteiger partial charge in [0.05, 0.1) is 0 Å². The molecule has 1 aromatic rings. The van der Waals surface area contributed by atoms with Gasteiger partial charge in [0.2, 0.25) is 5.95 Å². The molecule has 0 unspecified atom stereocenters. The van der Waals surface area contributed by atoms with Crippen molar-refractivity contribution in [2.45, 2.75) is 10.4 Å². The predicted octanol–water partition coefficient (Wildman–Crippen LogP) is 1.68. The first-order chi connectivity index (χ1) is 5.27. The van der Waals surface area contributed by atoms with Crippen LogP contribution in [0.3, 0.4) is 0 Å². The standard InChI is InChI=1S/C6H8BrN3S/c1-11-5-4(2-7)3-9-6(8)10-5/h3H,2H2,1H3,(H2,8,9,10). The Morgan fingerprint density at radius 3 is 3.00 bits per heavy atom. The van der Waals surface area contributed by atoms with Crippen LogP contribution in [0.1, 0.15) is 5.56 Å². The number of nitrogens with zero attached hydrogens (tertiary/aromatic N) is 2. The lowest BCUT2D eigenvalue weighted by molar-refractivity contribution is 1.02. The van der Waals surface area contributed by atoms with E-state index in [2.05, 4.69) is 25.9 Å². The van der Waals surface area contributed by atoms with Gasteiger partial charge < -0.3 is 5.73 Å². The maximum Gasteiger partial charge on any atom is 0.221 e. The van der Waals surface area contributed by atoms with E-state index in [0.29, 0.717) is 5.95 Å². The van der Waals surface area contributed by atoms with Crippen LogP contribution in [-0.4, -0.2) is 16.2 Å². The third kappa shape index (κ3) is 2.07. The summed E-state index contributed by atoms with van der Waals surface area (Å²) in [7, 11) is 0. The number of hydrogen-bond donors (Lipinski definition) is 1. The fourth-order valence-electron chi connectivity index (χ4n) is 0.672. The Morgan fingerprint density at radius 1 is 1.73 bits per heavy atom. The van der Waals surface area contributed by atoms with Crippen molar-refractivity contribution < 1.29 is 0 Å². The molecular formula is C6H8BrN3S. The molecule has 1 aromatic heterocycles. The second-order valence-corrected chi connectivity index (χ2v) is 3.25. The van der Waals surface area contributed by atoms with E-state index in [4.69, 9.17) is 5.73 Å². The summed E-state index contributed by atoms with van der Waals surface area (Å²) in [4.78, 5) is 7.94. The van der Waals surface area contributed by atoms with Crippen molar-refractivity contribution in [3.8, 4) is 0 Å². The van der Waals surface area contributed by atoms with Crippen molar-refractivity contribution in [2.24, 2.45) is 0 Å². The topological polar surface area (TPSA) is 51.8 Å². The van der Waals surface area contributed by atoms with Gasteiger partial charge in [0, 0.05) is 17.1 Å². The van der Waals surface area contributed by atoms with Crippen LogP contribution in [0.4, 0.5) is 5.95 Å². The number of nitrogens with two attached hydrogens (primary N) is 1. The van der Waals surface area contributed by atoms with Gasteiger partial charge >= 0.3 is 0 Å². The monoisotopic (exact) mass is 233 g/mol. The molecule has 0 amide bonds. The highest BCUT2D eigenvalue weighted by molar-refractivity contribution is 9.08. The summed E-state index contributed by atoms with van der Waals surface area (Å²) < 4.78 is 0. The molecule has 0 aliphatic heterocycles. The van der Waals surface area contributed by atoms with Crippen LogP contribution >= 0.6 is 27.7 Å². The summed E-state index contributed by atoms with van der Waals surface area (Å²) in [6.07, 6.45) is 3.71. The molecule has 0 aromatic carbocycles. The molecular weight excluding hydrogens is 226 g/mol. The van der Waals surface area contributed by atoms with Gasteiger partial charge in [0.25, 0.3) is 0 Å². The minimum absolute atomic E-state index is 0.332. The lowest BCUT2D eigenvalue weighted by Crippen LogP contribution is -1.97. The molecule has 0 aliphatic carbocycles. The molecule has 0 saturated carbocycles. The molecule has 1 heterocycles. The van der Waals surface area contributed by atoms with Gasteiger partial charge in [-0.1, -0.05) is 15.9 Å². The van der Waals surface area contributed by atoms with Gasteiger partial charge in [-0.3, -0.25) is 0 Å². The average Bonchev–Trinajstić information content (AvgIpc) is 2.04. The van der Waals surface area contributed by atoms with E-state index in [1.807, 2.05) is 6.26 Å². The minimum atomic E-state index is 0.332. The Hall–Kier alpha value is -0.290. The van der Waals surface area contributed by atoms with Crippen LogP contribution in [-0.2, 0) is 5.33 Å². The van der Waals surface area contributed by atoms with Gasteiger partial charge in [0.1, 0.15) is 5.03 Å². The van der Waals surface area contributed by atoms with Crippen LogP contribution in [0.15, 0.2) is 11.2 Å². The van der Waals surface area contributed by atoms with E-state index >= 15 is 0 Å². The number of aromatic nitrogens is 2. The highest BCUT2D eigenvalue weighted by Gasteiger charge is 2.01. The summed E-state index contributed by atoms with van der Waals surface area (Å²) in [5, 5.41) is 1.71. The van der Waals surface area contributed by atoms with E-state index in [1.165, 1.54) is 0 Å². The molecule has 11 heavy (non-hydrogen) atoms. The normalized spacial score (nSPS) is 10.0. The van der Waals surface area contributed by atoms with Gasteiger partial charge in [-0.25, -0.2) is 9.97 Å². The highest BCUT2D eigenvalue weighted by atomic mass is 79.9. The molecule has 0 bridgehead atoms. The molecule has 1 rings (SSSR count). The molecule has 0 fully saturated rings. The number of rotatable bonds is 2. The first kappa shape index (κ1) is 8.80.